The number of nitrogens with zero attached hydrogens (tertiary/aromatic N) is 4. The zero-order valence-electron chi connectivity index (χ0n) is 12.4. The van der Waals surface area contributed by atoms with Gasteiger partial charge >= 0.3 is 0 Å². The third-order valence-electron chi connectivity index (χ3n) is 4.33. The molecular weight excluding hydrogens is 264 g/mol. The second-order valence-electron chi connectivity index (χ2n) is 6.06. The Balaban J connectivity index is 1.86. The lowest BCUT2D eigenvalue weighted by Gasteiger charge is -2.40. The van der Waals surface area contributed by atoms with E-state index < -0.39 is 0 Å². The predicted molar refractivity (Wildman–Crippen MR) is 82.2 cm³/mol. The highest BCUT2D eigenvalue weighted by Gasteiger charge is 2.35. The fourth-order valence-corrected chi connectivity index (χ4v) is 3.26. The number of para-hydroxylation sites is 1. The molecule has 1 aromatic heterocycles. The summed E-state index contributed by atoms with van der Waals surface area (Å²) in [6.45, 7) is 2.88. The van der Waals surface area contributed by atoms with Crippen molar-refractivity contribution in [2.45, 2.75) is 38.1 Å². The Bertz CT molecular complexity index is 581. The quantitative estimate of drug-likeness (QED) is 0.898. The summed E-state index contributed by atoms with van der Waals surface area (Å²) < 4.78 is 1.73. The molecule has 1 aliphatic rings. The maximum absolute atomic E-state index is 6.07. The largest absolute Gasteiger partial charge is 0.346 e. The summed E-state index contributed by atoms with van der Waals surface area (Å²) in [6, 6.07) is 9.90. The van der Waals surface area contributed by atoms with E-state index in [2.05, 4.69) is 27.8 Å². The molecule has 2 unspecified atom stereocenters. The van der Waals surface area contributed by atoms with Gasteiger partial charge in [-0.05, 0) is 41.3 Å². The average Bonchev–Trinajstić information content (AvgIpc) is 2.96. The minimum atomic E-state index is -0.0983. The Kier molecular flexibility index (Phi) is 3.88. The van der Waals surface area contributed by atoms with Gasteiger partial charge < -0.3 is 11.1 Å². The molecule has 0 bridgehead atoms. The lowest BCUT2D eigenvalue weighted by Crippen LogP contribution is -2.49. The van der Waals surface area contributed by atoms with Crippen LogP contribution in [-0.2, 0) is 0 Å². The molecular formula is C15H22N6. The van der Waals surface area contributed by atoms with Crippen LogP contribution in [0.4, 0.5) is 5.95 Å². The molecule has 6 nitrogen and oxygen atoms in total. The van der Waals surface area contributed by atoms with Crippen LogP contribution in [0, 0.1) is 5.92 Å². The molecule has 1 aromatic carbocycles. The van der Waals surface area contributed by atoms with E-state index >= 15 is 0 Å². The maximum Gasteiger partial charge on any atom is 0.248 e. The number of nitrogens with one attached hydrogen (secondary N) is 1. The molecule has 3 rings (SSSR count). The number of tetrazole rings is 1. The van der Waals surface area contributed by atoms with Crippen LogP contribution in [0.1, 0.15) is 32.6 Å². The number of rotatable bonds is 4. The van der Waals surface area contributed by atoms with Crippen LogP contribution < -0.4 is 11.1 Å². The van der Waals surface area contributed by atoms with Gasteiger partial charge in [0.1, 0.15) is 0 Å². The van der Waals surface area contributed by atoms with Crippen molar-refractivity contribution in [1.82, 2.24) is 20.2 Å². The van der Waals surface area contributed by atoms with Gasteiger partial charge in [0.15, 0.2) is 0 Å². The van der Waals surface area contributed by atoms with Crippen molar-refractivity contribution in [2.24, 2.45) is 11.7 Å². The number of anilines is 1. The van der Waals surface area contributed by atoms with Crippen LogP contribution in [0.15, 0.2) is 30.3 Å². The predicted octanol–water partition coefficient (Wildman–Crippen LogP) is 1.98. The summed E-state index contributed by atoms with van der Waals surface area (Å²) in [5.41, 5.74) is 6.91. The van der Waals surface area contributed by atoms with Crippen LogP contribution in [0.2, 0.25) is 0 Å². The first-order valence-corrected chi connectivity index (χ1v) is 7.54. The van der Waals surface area contributed by atoms with E-state index in [4.69, 9.17) is 5.73 Å². The Morgan fingerprint density at radius 3 is 2.90 bits per heavy atom. The topological polar surface area (TPSA) is 81.7 Å². The van der Waals surface area contributed by atoms with Crippen LogP contribution in [0.5, 0.6) is 0 Å². The molecule has 1 aliphatic carbocycles. The number of aromatic nitrogens is 4. The third-order valence-corrected chi connectivity index (χ3v) is 4.33. The molecule has 2 atom stereocenters. The molecule has 0 aliphatic heterocycles. The normalized spacial score (nSPS) is 25.7. The highest BCUT2D eigenvalue weighted by Crippen LogP contribution is 2.34. The average molecular weight is 286 g/mol. The molecule has 0 radical (unpaired) electrons. The van der Waals surface area contributed by atoms with Gasteiger partial charge in [-0.3, -0.25) is 0 Å². The second kappa shape index (κ2) is 5.81. The molecule has 0 spiro atoms. The van der Waals surface area contributed by atoms with Crippen molar-refractivity contribution in [3.8, 4) is 5.69 Å². The van der Waals surface area contributed by atoms with Gasteiger partial charge in [-0.2, -0.15) is 4.68 Å². The van der Waals surface area contributed by atoms with Crippen LogP contribution in [0.3, 0.4) is 0 Å². The van der Waals surface area contributed by atoms with Crippen molar-refractivity contribution < 1.29 is 0 Å². The Labute approximate surface area is 124 Å². The number of nitrogens with two attached hydrogens (primary N) is 1. The minimum Gasteiger partial charge on any atom is -0.346 e. The third kappa shape index (κ3) is 2.90. The van der Waals surface area contributed by atoms with Crippen LogP contribution >= 0.6 is 0 Å². The van der Waals surface area contributed by atoms with Crippen molar-refractivity contribution in [3.63, 3.8) is 0 Å². The Hall–Kier alpha value is -1.95. The van der Waals surface area contributed by atoms with Crippen molar-refractivity contribution in [2.75, 3.05) is 11.9 Å². The van der Waals surface area contributed by atoms with E-state index in [0.29, 0.717) is 18.4 Å². The van der Waals surface area contributed by atoms with Crippen molar-refractivity contribution in [1.29, 1.82) is 0 Å². The molecule has 6 heteroatoms. The number of hydrogen-bond donors (Lipinski definition) is 2. The molecule has 1 saturated carbocycles. The molecule has 1 heterocycles. The second-order valence-corrected chi connectivity index (χ2v) is 6.06. The lowest BCUT2D eigenvalue weighted by molar-refractivity contribution is 0.262. The van der Waals surface area contributed by atoms with Gasteiger partial charge in [0, 0.05) is 6.54 Å². The van der Waals surface area contributed by atoms with Crippen molar-refractivity contribution in [3.05, 3.63) is 30.3 Å². The van der Waals surface area contributed by atoms with Crippen LogP contribution in [0.25, 0.3) is 5.69 Å². The zero-order valence-corrected chi connectivity index (χ0v) is 12.4. The zero-order chi connectivity index (χ0) is 14.7. The van der Waals surface area contributed by atoms with Gasteiger partial charge in [-0.15, -0.1) is 0 Å². The first kappa shape index (κ1) is 14.0. The molecule has 0 saturated heterocycles. The van der Waals surface area contributed by atoms with Crippen molar-refractivity contribution >= 4 is 5.95 Å². The maximum atomic E-state index is 6.07. The van der Waals surface area contributed by atoms with E-state index in [1.54, 1.807) is 4.68 Å². The van der Waals surface area contributed by atoms with Gasteiger partial charge in [-0.1, -0.05) is 43.1 Å². The first-order chi connectivity index (χ1) is 10.2. The summed E-state index contributed by atoms with van der Waals surface area (Å²) in [6.07, 6.45) is 4.59. The smallest absolute Gasteiger partial charge is 0.248 e. The van der Waals surface area contributed by atoms with Crippen LogP contribution in [-0.4, -0.2) is 32.3 Å². The molecule has 2 aromatic rings. The summed E-state index contributed by atoms with van der Waals surface area (Å²) in [5, 5.41) is 15.6. The highest BCUT2D eigenvalue weighted by atomic mass is 15.6. The van der Waals surface area contributed by atoms with Gasteiger partial charge in [0.25, 0.3) is 0 Å². The number of hydrogen-bond acceptors (Lipinski definition) is 5. The SMILES string of the molecule is CC1CCCC(CN)(Nc2nnnn2-c2ccccc2)C1. The van der Waals surface area contributed by atoms with Gasteiger partial charge in [0.2, 0.25) is 5.95 Å². The molecule has 21 heavy (non-hydrogen) atoms. The summed E-state index contributed by atoms with van der Waals surface area (Å²) >= 11 is 0. The van der Waals surface area contributed by atoms with Gasteiger partial charge in [-0.25, -0.2) is 0 Å². The summed E-state index contributed by atoms with van der Waals surface area (Å²) in [5.74, 6) is 1.34. The van der Waals surface area contributed by atoms with E-state index in [0.717, 1.165) is 18.5 Å². The van der Waals surface area contributed by atoms with E-state index in [9.17, 15) is 0 Å². The van der Waals surface area contributed by atoms with E-state index in [1.807, 2.05) is 30.3 Å². The Morgan fingerprint density at radius 1 is 1.38 bits per heavy atom. The highest BCUT2D eigenvalue weighted by molar-refractivity contribution is 5.40. The summed E-state index contributed by atoms with van der Waals surface area (Å²) in [4.78, 5) is 0. The standard InChI is InChI=1S/C15H22N6/c1-12-6-5-9-15(10-12,11-16)17-14-18-19-20-21(14)13-7-3-2-4-8-13/h2-4,7-8,12H,5-6,9-11,16H2,1H3,(H,17,18,20). The molecule has 0 amide bonds. The summed E-state index contributed by atoms with van der Waals surface area (Å²) in [7, 11) is 0. The minimum absolute atomic E-state index is 0.0983. The Morgan fingerprint density at radius 2 is 2.19 bits per heavy atom. The molecule has 112 valence electrons. The molecule has 1 fully saturated rings. The fourth-order valence-electron chi connectivity index (χ4n) is 3.26. The monoisotopic (exact) mass is 286 g/mol. The lowest BCUT2D eigenvalue weighted by atomic mass is 9.76. The molecule has 3 N–H and O–H groups in total. The van der Waals surface area contributed by atoms with Gasteiger partial charge in [0.05, 0.1) is 11.2 Å². The first-order valence-electron chi connectivity index (χ1n) is 7.54. The number of benzene rings is 1. The fraction of sp³-hybridized carbons (Fsp3) is 0.533. The van der Waals surface area contributed by atoms with E-state index in [-0.39, 0.29) is 5.54 Å². The van der Waals surface area contributed by atoms with E-state index in [1.165, 1.54) is 12.8 Å².